The van der Waals surface area contributed by atoms with E-state index in [-0.39, 0.29) is 17.8 Å². The van der Waals surface area contributed by atoms with Crippen LogP contribution in [0.25, 0.3) is 0 Å². The minimum atomic E-state index is -0.464. The number of likely N-dealkylation sites (N-methyl/N-ethyl adjacent to an activating group) is 1. The van der Waals surface area contributed by atoms with Crippen LogP contribution in [0.4, 0.5) is 0 Å². The molecule has 1 heterocycles. The fourth-order valence-electron chi connectivity index (χ4n) is 2.04. The number of hydrogen-bond acceptors (Lipinski definition) is 4. The normalized spacial score (nSPS) is 20.7. The van der Waals surface area contributed by atoms with Crippen LogP contribution in [-0.4, -0.2) is 49.1 Å². The average molecular weight is 256 g/mol. The van der Waals surface area contributed by atoms with E-state index >= 15 is 0 Å². The summed E-state index contributed by atoms with van der Waals surface area (Å²) in [5.41, 5.74) is -0.464. The maximum Gasteiger partial charge on any atom is 0.311 e. The van der Waals surface area contributed by atoms with Crippen molar-refractivity contribution in [1.82, 2.24) is 10.2 Å². The molecule has 1 N–H and O–H groups in total. The smallest absolute Gasteiger partial charge is 0.311 e. The third-order valence-corrected chi connectivity index (χ3v) is 2.84. The van der Waals surface area contributed by atoms with Crippen molar-refractivity contribution >= 4 is 11.9 Å². The van der Waals surface area contributed by atoms with E-state index in [1.165, 1.54) is 0 Å². The number of ether oxygens (including phenoxy) is 1. The van der Waals surface area contributed by atoms with Gasteiger partial charge in [-0.05, 0) is 40.7 Å². The second-order valence-corrected chi connectivity index (χ2v) is 5.74. The lowest BCUT2D eigenvalue weighted by molar-refractivity contribution is -0.162. The Hall–Kier alpha value is -1.10. The van der Waals surface area contributed by atoms with Crippen molar-refractivity contribution in [3.63, 3.8) is 0 Å². The number of rotatable bonds is 3. The van der Waals surface area contributed by atoms with E-state index in [1.807, 2.05) is 20.8 Å². The summed E-state index contributed by atoms with van der Waals surface area (Å²) in [6.45, 7) is 7.11. The fraction of sp³-hybridized carbons (Fsp3) is 0.846. The molecule has 1 fully saturated rings. The van der Waals surface area contributed by atoms with Crippen molar-refractivity contribution in [3.05, 3.63) is 0 Å². The molecule has 1 saturated heterocycles. The minimum absolute atomic E-state index is 0.0470. The second-order valence-electron chi connectivity index (χ2n) is 5.74. The summed E-state index contributed by atoms with van der Waals surface area (Å²) >= 11 is 0. The third-order valence-electron chi connectivity index (χ3n) is 2.84. The first kappa shape index (κ1) is 15.0. The van der Waals surface area contributed by atoms with Gasteiger partial charge in [-0.2, -0.15) is 0 Å². The molecule has 0 radical (unpaired) electrons. The van der Waals surface area contributed by atoms with Crippen LogP contribution in [-0.2, 0) is 14.3 Å². The van der Waals surface area contributed by atoms with Gasteiger partial charge in [0.2, 0.25) is 5.91 Å². The Balaban J connectivity index is 2.53. The highest BCUT2D eigenvalue weighted by Gasteiger charge is 2.31. The molecule has 0 spiro atoms. The molecule has 18 heavy (non-hydrogen) atoms. The lowest BCUT2D eigenvalue weighted by Gasteiger charge is -2.33. The predicted molar refractivity (Wildman–Crippen MR) is 69.1 cm³/mol. The number of likely N-dealkylation sites (tertiary alicyclic amines) is 1. The third kappa shape index (κ3) is 4.64. The Bertz CT molecular complexity index is 310. The van der Waals surface area contributed by atoms with E-state index < -0.39 is 5.60 Å². The van der Waals surface area contributed by atoms with Crippen molar-refractivity contribution in [1.29, 1.82) is 0 Å². The predicted octanol–water partition coefficient (Wildman–Crippen LogP) is 0.786. The van der Waals surface area contributed by atoms with Gasteiger partial charge in [-0.15, -0.1) is 0 Å². The largest absolute Gasteiger partial charge is 0.460 e. The summed E-state index contributed by atoms with van der Waals surface area (Å²) in [5, 5.41) is 2.84. The number of hydrogen-bond donors (Lipinski definition) is 1. The molecule has 104 valence electrons. The lowest BCUT2D eigenvalue weighted by atomic mass is 9.97. The Labute approximate surface area is 109 Å². The summed E-state index contributed by atoms with van der Waals surface area (Å²) in [5.74, 6) is -0.325. The maximum atomic E-state index is 12.0. The highest BCUT2D eigenvalue weighted by molar-refractivity contribution is 5.80. The standard InChI is InChI=1S/C13H24N2O3/c1-13(2,3)18-12(17)10-6-5-7-15(9-10)11(16)8-14-4/h10,14H,5-9H2,1-4H3. The number of nitrogens with one attached hydrogen (secondary N) is 1. The Kier molecular flexibility index (Phi) is 5.14. The van der Waals surface area contributed by atoms with Crippen LogP contribution in [0.2, 0.25) is 0 Å². The summed E-state index contributed by atoms with van der Waals surface area (Å²) in [7, 11) is 1.74. The summed E-state index contributed by atoms with van der Waals surface area (Å²) in [6, 6.07) is 0. The topological polar surface area (TPSA) is 58.6 Å². The number of amides is 1. The van der Waals surface area contributed by atoms with Gasteiger partial charge in [-0.3, -0.25) is 9.59 Å². The molecule has 0 bridgehead atoms. The Morgan fingerprint density at radius 2 is 2.06 bits per heavy atom. The molecule has 5 nitrogen and oxygen atoms in total. The van der Waals surface area contributed by atoms with Crippen molar-refractivity contribution in [2.24, 2.45) is 5.92 Å². The number of carbonyl (C=O) groups is 2. The van der Waals surface area contributed by atoms with Crippen LogP contribution in [0.3, 0.4) is 0 Å². The van der Waals surface area contributed by atoms with Crippen LogP contribution >= 0.6 is 0 Å². The van der Waals surface area contributed by atoms with E-state index in [9.17, 15) is 9.59 Å². The molecule has 0 saturated carbocycles. The maximum absolute atomic E-state index is 12.0. The van der Waals surface area contributed by atoms with Gasteiger partial charge in [-0.1, -0.05) is 0 Å². The number of carbonyl (C=O) groups excluding carboxylic acids is 2. The SMILES string of the molecule is CNCC(=O)N1CCCC(C(=O)OC(C)(C)C)C1. The molecular weight excluding hydrogens is 232 g/mol. The summed E-state index contributed by atoms with van der Waals surface area (Å²) in [6.07, 6.45) is 1.66. The van der Waals surface area contributed by atoms with Gasteiger partial charge >= 0.3 is 5.97 Å². The first-order valence-corrected chi connectivity index (χ1v) is 6.48. The van der Waals surface area contributed by atoms with E-state index in [1.54, 1.807) is 11.9 Å². The molecule has 0 aromatic heterocycles. The zero-order chi connectivity index (χ0) is 13.8. The highest BCUT2D eigenvalue weighted by Crippen LogP contribution is 2.20. The molecule has 1 amide bonds. The number of esters is 1. The van der Waals surface area contributed by atoms with E-state index in [2.05, 4.69) is 5.32 Å². The van der Waals surface area contributed by atoms with Gasteiger partial charge in [-0.25, -0.2) is 0 Å². The molecular formula is C13H24N2O3. The highest BCUT2D eigenvalue weighted by atomic mass is 16.6. The van der Waals surface area contributed by atoms with E-state index in [4.69, 9.17) is 4.74 Å². The van der Waals surface area contributed by atoms with E-state index in [0.29, 0.717) is 13.1 Å². The first-order chi connectivity index (χ1) is 8.33. The minimum Gasteiger partial charge on any atom is -0.460 e. The van der Waals surface area contributed by atoms with Crippen molar-refractivity contribution in [3.8, 4) is 0 Å². The molecule has 0 aromatic carbocycles. The molecule has 1 aliphatic rings. The molecule has 1 atom stereocenters. The summed E-state index contributed by atoms with van der Waals surface area (Å²) in [4.78, 5) is 25.5. The monoisotopic (exact) mass is 256 g/mol. The van der Waals surface area contributed by atoms with Crippen molar-refractivity contribution < 1.29 is 14.3 Å². The van der Waals surface area contributed by atoms with Crippen LogP contribution in [0.15, 0.2) is 0 Å². The first-order valence-electron chi connectivity index (χ1n) is 6.48. The zero-order valence-electron chi connectivity index (χ0n) is 11.8. The molecule has 1 unspecified atom stereocenters. The molecule has 5 heteroatoms. The van der Waals surface area contributed by atoms with Crippen LogP contribution in [0.1, 0.15) is 33.6 Å². The van der Waals surface area contributed by atoms with E-state index in [0.717, 1.165) is 19.4 Å². The van der Waals surface area contributed by atoms with Gasteiger partial charge in [0.05, 0.1) is 12.5 Å². The Morgan fingerprint density at radius 1 is 1.39 bits per heavy atom. The quantitative estimate of drug-likeness (QED) is 0.758. The van der Waals surface area contributed by atoms with Gasteiger partial charge in [0.15, 0.2) is 0 Å². The zero-order valence-corrected chi connectivity index (χ0v) is 11.8. The van der Waals surface area contributed by atoms with Gasteiger partial charge < -0.3 is 15.0 Å². The van der Waals surface area contributed by atoms with Crippen molar-refractivity contribution in [2.75, 3.05) is 26.7 Å². The second kappa shape index (κ2) is 6.18. The number of nitrogens with zero attached hydrogens (tertiary/aromatic N) is 1. The summed E-state index contributed by atoms with van der Waals surface area (Å²) < 4.78 is 5.37. The van der Waals surface area contributed by atoms with Crippen molar-refractivity contribution in [2.45, 2.75) is 39.2 Å². The molecule has 0 aliphatic carbocycles. The fourth-order valence-corrected chi connectivity index (χ4v) is 2.04. The molecule has 1 rings (SSSR count). The van der Waals surface area contributed by atoms with Crippen LogP contribution < -0.4 is 5.32 Å². The van der Waals surface area contributed by atoms with Crippen LogP contribution in [0.5, 0.6) is 0 Å². The lowest BCUT2D eigenvalue weighted by Crippen LogP contribution is -2.46. The Morgan fingerprint density at radius 3 is 2.61 bits per heavy atom. The molecule has 0 aromatic rings. The molecule has 1 aliphatic heterocycles. The number of piperidine rings is 1. The average Bonchev–Trinajstić information content (AvgIpc) is 2.27. The van der Waals surface area contributed by atoms with Gasteiger partial charge in [0, 0.05) is 13.1 Å². The van der Waals surface area contributed by atoms with Gasteiger partial charge in [0.25, 0.3) is 0 Å². The van der Waals surface area contributed by atoms with Crippen LogP contribution in [0, 0.1) is 5.92 Å². The van der Waals surface area contributed by atoms with Gasteiger partial charge in [0.1, 0.15) is 5.60 Å².